The van der Waals surface area contributed by atoms with E-state index in [4.69, 9.17) is 0 Å². The van der Waals surface area contributed by atoms with Gasteiger partial charge in [0, 0.05) is 17.8 Å². The minimum absolute atomic E-state index is 0.0768. The van der Waals surface area contributed by atoms with Crippen LogP contribution < -0.4 is 5.32 Å². The zero-order valence-electron chi connectivity index (χ0n) is 9.63. The van der Waals surface area contributed by atoms with Gasteiger partial charge < -0.3 is 5.32 Å². The van der Waals surface area contributed by atoms with Crippen LogP contribution in [-0.2, 0) is 0 Å². The van der Waals surface area contributed by atoms with E-state index in [0.29, 0.717) is 11.5 Å². The maximum Gasteiger partial charge on any atom is 0.146 e. The normalized spacial score (nSPS) is 13.1. The molecule has 0 saturated carbocycles. The lowest BCUT2D eigenvalue weighted by Crippen LogP contribution is -2.27. The molecule has 0 amide bonds. The van der Waals surface area contributed by atoms with E-state index in [9.17, 15) is 4.39 Å². The second-order valence-corrected chi connectivity index (χ2v) is 4.07. The maximum absolute atomic E-state index is 13.5. The van der Waals surface area contributed by atoms with Gasteiger partial charge in [-0.2, -0.15) is 0 Å². The fourth-order valence-electron chi connectivity index (χ4n) is 1.64. The van der Waals surface area contributed by atoms with E-state index in [1.54, 1.807) is 12.3 Å². The number of nitrogens with zero attached hydrogens (tertiary/aromatic N) is 1. The zero-order chi connectivity index (χ0) is 11.3. The molecule has 0 fully saturated rings. The van der Waals surface area contributed by atoms with E-state index < -0.39 is 0 Å². The monoisotopic (exact) mass is 210 g/mol. The van der Waals surface area contributed by atoms with Gasteiger partial charge in [0.25, 0.3) is 0 Å². The fraction of sp³-hybridized carbons (Fsp3) is 0.583. The van der Waals surface area contributed by atoms with Crippen LogP contribution in [0, 0.1) is 11.7 Å². The molecule has 84 valence electrons. The quantitative estimate of drug-likeness (QED) is 0.808. The molecular weight excluding hydrogens is 191 g/mol. The van der Waals surface area contributed by atoms with Crippen LogP contribution in [0.15, 0.2) is 18.5 Å². The summed E-state index contributed by atoms with van der Waals surface area (Å²) >= 11 is 0. The number of nitrogens with one attached hydrogen (secondary N) is 1. The minimum atomic E-state index is -0.222. The molecular formula is C12H19FN2. The van der Waals surface area contributed by atoms with Gasteiger partial charge in [-0.3, -0.25) is 4.98 Å². The number of aromatic nitrogens is 1. The molecule has 1 atom stereocenters. The molecule has 0 saturated heterocycles. The van der Waals surface area contributed by atoms with E-state index in [1.165, 1.54) is 6.20 Å². The largest absolute Gasteiger partial charge is 0.310 e. The standard InChI is InChI=1S/C12H19FN2/c1-4-6-15-12(9(2)3)10-5-7-14-8-11(10)13/h5,7-9,12,15H,4,6H2,1-3H3. The van der Waals surface area contributed by atoms with Gasteiger partial charge in [-0.25, -0.2) is 4.39 Å². The highest BCUT2D eigenvalue weighted by Crippen LogP contribution is 2.23. The van der Waals surface area contributed by atoms with Gasteiger partial charge in [-0.1, -0.05) is 20.8 Å². The van der Waals surface area contributed by atoms with Gasteiger partial charge in [0.1, 0.15) is 5.82 Å². The Morgan fingerprint density at radius 2 is 2.20 bits per heavy atom. The van der Waals surface area contributed by atoms with Gasteiger partial charge in [0.15, 0.2) is 0 Å². The van der Waals surface area contributed by atoms with Crippen LogP contribution in [0.2, 0.25) is 0 Å². The third kappa shape index (κ3) is 3.27. The van der Waals surface area contributed by atoms with Crippen molar-refractivity contribution in [3.63, 3.8) is 0 Å². The Balaban J connectivity index is 2.84. The lowest BCUT2D eigenvalue weighted by molar-refractivity contribution is 0.397. The van der Waals surface area contributed by atoms with Crippen molar-refractivity contribution in [2.24, 2.45) is 5.92 Å². The molecule has 0 aliphatic rings. The van der Waals surface area contributed by atoms with Crippen molar-refractivity contribution in [3.05, 3.63) is 29.8 Å². The Morgan fingerprint density at radius 1 is 1.47 bits per heavy atom. The lowest BCUT2D eigenvalue weighted by Gasteiger charge is -2.22. The Hall–Kier alpha value is -0.960. The molecule has 3 heteroatoms. The molecule has 1 aromatic rings. The summed E-state index contributed by atoms with van der Waals surface area (Å²) < 4.78 is 13.5. The van der Waals surface area contributed by atoms with Crippen LogP contribution in [0.4, 0.5) is 4.39 Å². The molecule has 2 nitrogen and oxygen atoms in total. The molecule has 0 spiro atoms. The molecule has 1 unspecified atom stereocenters. The first-order valence-electron chi connectivity index (χ1n) is 5.49. The molecule has 0 aliphatic carbocycles. The van der Waals surface area contributed by atoms with Gasteiger partial charge in [0.05, 0.1) is 6.20 Å². The van der Waals surface area contributed by atoms with Crippen LogP contribution in [-0.4, -0.2) is 11.5 Å². The van der Waals surface area contributed by atoms with Crippen molar-refractivity contribution in [1.29, 1.82) is 0 Å². The molecule has 15 heavy (non-hydrogen) atoms. The van der Waals surface area contributed by atoms with Crippen LogP contribution in [0.3, 0.4) is 0 Å². The fourth-order valence-corrected chi connectivity index (χ4v) is 1.64. The Labute approximate surface area is 90.9 Å². The van der Waals surface area contributed by atoms with Crippen molar-refractivity contribution in [3.8, 4) is 0 Å². The SMILES string of the molecule is CCCNC(c1ccncc1F)C(C)C. The number of halogens is 1. The van der Waals surface area contributed by atoms with Crippen molar-refractivity contribution in [1.82, 2.24) is 10.3 Å². The average Bonchev–Trinajstić information content (AvgIpc) is 2.20. The van der Waals surface area contributed by atoms with E-state index >= 15 is 0 Å². The zero-order valence-corrected chi connectivity index (χ0v) is 9.63. The Morgan fingerprint density at radius 3 is 2.73 bits per heavy atom. The topological polar surface area (TPSA) is 24.9 Å². The van der Waals surface area contributed by atoms with Crippen LogP contribution in [0.1, 0.15) is 38.8 Å². The average molecular weight is 210 g/mol. The first-order valence-corrected chi connectivity index (χ1v) is 5.49. The summed E-state index contributed by atoms with van der Waals surface area (Å²) in [6.45, 7) is 7.19. The number of hydrogen-bond donors (Lipinski definition) is 1. The number of hydrogen-bond acceptors (Lipinski definition) is 2. The van der Waals surface area contributed by atoms with Crippen LogP contribution in [0.25, 0.3) is 0 Å². The Bertz CT molecular complexity index is 299. The lowest BCUT2D eigenvalue weighted by atomic mass is 9.96. The second-order valence-electron chi connectivity index (χ2n) is 4.07. The van der Waals surface area contributed by atoms with E-state index in [-0.39, 0.29) is 11.9 Å². The highest BCUT2D eigenvalue weighted by atomic mass is 19.1. The number of rotatable bonds is 5. The number of pyridine rings is 1. The molecule has 1 rings (SSSR count). The Kier molecular flexibility index (Phi) is 4.69. The van der Waals surface area contributed by atoms with Crippen LogP contribution in [0.5, 0.6) is 0 Å². The highest BCUT2D eigenvalue weighted by molar-refractivity contribution is 5.17. The summed E-state index contributed by atoms with van der Waals surface area (Å²) in [5.74, 6) is 0.147. The van der Waals surface area contributed by atoms with Crippen molar-refractivity contribution in [2.75, 3.05) is 6.54 Å². The highest BCUT2D eigenvalue weighted by Gasteiger charge is 2.17. The summed E-state index contributed by atoms with van der Waals surface area (Å²) in [4.78, 5) is 3.76. The summed E-state index contributed by atoms with van der Waals surface area (Å²) in [6, 6.07) is 1.83. The predicted octanol–water partition coefficient (Wildman–Crippen LogP) is 2.92. The maximum atomic E-state index is 13.5. The van der Waals surface area contributed by atoms with Crippen molar-refractivity contribution in [2.45, 2.75) is 33.2 Å². The smallest absolute Gasteiger partial charge is 0.146 e. The molecule has 0 radical (unpaired) electrons. The van der Waals surface area contributed by atoms with E-state index in [1.807, 2.05) is 0 Å². The second kappa shape index (κ2) is 5.81. The van der Waals surface area contributed by atoms with Gasteiger partial charge in [-0.05, 0) is 24.9 Å². The van der Waals surface area contributed by atoms with E-state index in [2.05, 4.69) is 31.1 Å². The van der Waals surface area contributed by atoms with Gasteiger partial charge in [-0.15, -0.1) is 0 Å². The predicted molar refractivity (Wildman–Crippen MR) is 60.1 cm³/mol. The molecule has 1 N–H and O–H groups in total. The first kappa shape index (κ1) is 12.1. The molecule has 1 heterocycles. The summed E-state index contributed by atoms with van der Waals surface area (Å²) in [5, 5.41) is 3.36. The summed E-state index contributed by atoms with van der Waals surface area (Å²) in [6.07, 6.45) is 3.97. The van der Waals surface area contributed by atoms with Gasteiger partial charge in [0.2, 0.25) is 0 Å². The molecule has 0 aromatic carbocycles. The van der Waals surface area contributed by atoms with E-state index in [0.717, 1.165) is 13.0 Å². The van der Waals surface area contributed by atoms with Gasteiger partial charge >= 0.3 is 0 Å². The van der Waals surface area contributed by atoms with Crippen molar-refractivity contribution >= 4 is 0 Å². The molecule has 0 aliphatic heterocycles. The van der Waals surface area contributed by atoms with Crippen molar-refractivity contribution < 1.29 is 4.39 Å². The molecule has 1 aromatic heterocycles. The summed E-state index contributed by atoms with van der Waals surface area (Å²) in [7, 11) is 0. The molecule has 0 bridgehead atoms. The van der Waals surface area contributed by atoms with Crippen LogP contribution >= 0.6 is 0 Å². The minimum Gasteiger partial charge on any atom is -0.310 e. The third-order valence-electron chi connectivity index (χ3n) is 2.42. The third-order valence-corrected chi connectivity index (χ3v) is 2.42. The summed E-state index contributed by atoms with van der Waals surface area (Å²) in [5.41, 5.74) is 0.716. The first-order chi connectivity index (χ1) is 7.16.